The van der Waals surface area contributed by atoms with Crippen LogP contribution in [0.4, 0.5) is 0 Å². The first-order valence-electron chi connectivity index (χ1n) is 23.5. The highest BCUT2D eigenvalue weighted by Crippen LogP contribution is 2.50. The lowest BCUT2D eigenvalue weighted by molar-refractivity contribution is 0.673. The van der Waals surface area contributed by atoms with Crippen molar-refractivity contribution in [1.82, 2.24) is 18.3 Å². The highest BCUT2D eigenvalue weighted by Gasteiger charge is 2.35. The van der Waals surface area contributed by atoms with Crippen molar-refractivity contribution in [3.63, 3.8) is 0 Å². The highest BCUT2D eigenvalue weighted by atomic mass is 16.3. The smallest absolute Gasteiger partial charge is 0.145 e. The lowest BCUT2D eigenvalue weighted by atomic mass is 9.98. The van der Waals surface area contributed by atoms with E-state index in [1.54, 1.807) is 0 Å². The second-order valence-corrected chi connectivity index (χ2v) is 18.3. The molecule has 7 nitrogen and oxygen atoms in total. The molecule has 15 rings (SSSR count). The van der Waals surface area contributed by atoms with E-state index in [0.29, 0.717) is 33.9 Å². The Morgan fingerprint density at radius 2 is 0.686 bits per heavy atom. The number of hydrogen-bond acceptors (Lipinski definition) is 3. The van der Waals surface area contributed by atoms with Gasteiger partial charge in [0, 0.05) is 48.5 Å². The molecule has 0 N–H and O–H groups in total. The topological polar surface area (TPSA) is 80.4 Å². The first kappa shape index (κ1) is 38.3. The van der Waals surface area contributed by atoms with E-state index in [1.165, 1.54) is 0 Å². The van der Waals surface area contributed by atoms with Crippen molar-refractivity contribution in [2.45, 2.75) is 6.92 Å². The van der Waals surface area contributed by atoms with Crippen molar-refractivity contribution in [1.29, 1.82) is 10.5 Å². The minimum absolute atomic E-state index is 0.355. The molecule has 0 amide bonds. The van der Waals surface area contributed by atoms with Crippen molar-refractivity contribution < 1.29 is 4.42 Å². The lowest BCUT2D eigenvalue weighted by Crippen LogP contribution is -2.16. The molecule has 0 saturated carbocycles. The van der Waals surface area contributed by atoms with Gasteiger partial charge >= 0.3 is 0 Å². The second kappa shape index (κ2) is 14.1. The molecule has 0 bridgehead atoms. The maximum Gasteiger partial charge on any atom is 0.145 e. The van der Waals surface area contributed by atoms with Crippen LogP contribution < -0.4 is 0 Å². The summed E-state index contributed by atoms with van der Waals surface area (Å²) < 4.78 is 15.9. The summed E-state index contributed by atoms with van der Waals surface area (Å²) in [6.45, 7) is 2.10. The molecule has 70 heavy (non-hydrogen) atoms. The van der Waals surface area contributed by atoms with E-state index in [9.17, 15) is 10.5 Å². The average Bonchev–Trinajstić information content (AvgIpc) is 4.21. The van der Waals surface area contributed by atoms with Crippen LogP contribution in [0.25, 0.3) is 132 Å². The van der Waals surface area contributed by atoms with Gasteiger partial charge in [-0.15, -0.1) is 0 Å². The quantitative estimate of drug-likeness (QED) is 0.176. The molecular formula is C63H36N6O. The summed E-state index contributed by atoms with van der Waals surface area (Å²) in [6, 6.07) is 75.3. The van der Waals surface area contributed by atoms with Crippen molar-refractivity contribution in [3.05, 3.63) is 217 Å². The number of hydrogen-bond donors (Lipinski definition) is 0. The van der Waals surface area contributed by atoms with E-state index in [4.69, 9.17) is 4.42 Å². The van der Waals surface area contributed by atoms with Gasteiger partial charge in [0.25, 0.3) is 0 Å². The Balaban J connectivity index is 1.27. The Kier molecular flexibility index (Phi) is 7.72. The summed E-state index contributed by atoms with van der Waals surface area (Å²) in [5.41, 5.74) is 13.2. The molecule has 0 atom stereocenters. The van der Waals surface area contributed by atoms with Crippen LogP contribution in [0.1, 0.15) is 16.7 Å². The van der Waals surface area contributed by atoms with Crippen molar-refractivity contribution in [2.75, 3.05) is 0 Å². The number of para-hydroxylation sites is 7. The minimum Gasteiger partial charge on any atom is -0.455 e. The largest absolute Gasteiger partial charge is 0.455 e. The fourth-order valence-electron chi connectivity index (χ4n) is 11.9. The van der Waals surface area contributed by atoms with Crippen LogP contribution in [0, 0.1) is 29.6 Å². The second-order valence-electron chi connectivity index (χ2n) is 18.3. The molecule has 0 aliphatic rings. The van der Waals surface area contributed by atoms with Crippen LogP contribution in [-0.2, 0) is 0 Å². The van der Waals surface area contributed by atoms with Gasteiger partial charge in [-0.2, -0.15) is 10.5 Å². The Bertz CT molecular complexity index is 4570. The predicted octanol–water partition coefficient (Wildman–Crippen LogP) is 16.0. The van der Waals surface area contributed by atoms with Crippen molar-refractivity contribution in [2.24, 2.45) is 0 Å². The van der Waals surface area contributed by atoms with E-state index in [1.807, 2.05) is 18.2 Å². The molecule has 0 saturated heterocycles. The Morgan fingerprint density at radius 1 is 0.329 bits per heavy atom. The molecule has 0 fully saturated rings. The normalized spacial score (nSPS) is 12.0. The fourth-order valence-corrected chi connectivity index (χ4v) is 11.9. The number of fused-ring (bicyclic) bond motifs is 16. The lowest BCUT2D eigenvalue weighted by Gasteiger charge is -2.27. The molecular weight excluding hydrogens is 857 g/mol. The fraction of sp³-hybridized carbons (Fsp3) is 0.0159. The molecule has 0 aliphatic heterocycles. The zero-order valence-electron chi connectivity index (χ0n) is 37.6. The molecule has 5 aromatic heterocycles. The molecule has 15 aromatic rings. The van der Waals surface area contributed by atoms with Crippen LogP contribution in [0.5, 0.6) is 0 Å². The number of aromatic nitrogens is 4. The number of aryl methyl sites for hydroxylation is 1. The van der Waals surface area contributed by atoms with Crippen LogP contribution in [0.15, 0.2) is 205 Å². The number of nitriles is 2. The van der Waals surface area contributed by atoms with Crippen LogP contribution in [-0.4, -0.2) is 18.3 Å². The maximum atomic E-state index is 12.4. The standard InChI is InChI=1S/C63H36N6O/c1-37-30-32-55-46(34-37)58-56(33-31-45-44-22-8-15-29-57(44)70-63(45)58)69(55)59-47(35-64)60(66-49-23-9-2-16-38(49)39-17-3-10-24-50(39)66)62(68-53-27-13-6-20-42(53)43-21-7-14-28-54(43)68)61(48(59)36-65)67-51-25-11-4-18-40(51)41-19-5-12-26-52(41)67/h2-34H,1H3. The highest BCUT2D eigenvalue weighted by molar-refractivity contribution is 6.24. The molecule has 0 spiro atoms. The van der Waals surface area contributed by atoms with Crippen molar-refractivity contribution >= 4 is 109 Å². The Labute approximate surface area is 399 Å². The van der Waals surface area contributed by atoms with Gasteiger partial charge in [0.1, 0.15) is 34.4 Å². The van der Waals surface area contributed by atoms with Crippen LogP contribution in [0.3, 0.4) is 0 Å². The Morgan fingerprint density at radius 3 is 1.13 bits per heavy atom. The van der Waals surface area contributed by atoms with E-state index in [2.05, 4.69) is 219 Å². The molecule has 10 aromatic carbocycles. The van der Waals surface area contributed by atoms with Crippen molar-refractivity contribution in [3.8, 4) is 34.9 Å². The van der Waals surface area contributed by atoms with Gasteiger partial charge in [-0.3, -0.25) is 0 Å². The Hall–Kier alpha value is -9.82. The summed E-state index contributed by atoms with van der Waals surface area (Å²) in [5.74, 6) is 0. The van der Waals surface area contributed by atoms with Gasteiger partial charge in [0.15, 0.2) is 0 Å². The van der Waals surface area contributed by atoms with E-state index in [0.717, 1.165) is 115 Å². The summed E-state index contributed by atoms with van der Waals surface area (Å²) >= 11 is 0. The number of benzene rings is 10. The third-order valence-electron chi connectivity index (χ3n) is 14.7. The predicted molar refractivity (Wildman–Crippen MR) is 285 cm³/mol. The van der Waals surface area contributed by atoms with Gasteiger partial charge in [-0.1, -0.05) is 139 Å². The van der Waals surface area contributed by atoms with Crippen LogP contribution >= 0.6 is 0 Å². The van der Waals surface area contributed by atoms with E-state index >= 15 is 0 Å². The summed E-state index contributed by atoms with van der Waals surface area (Å²) in [5, 5.41) is 35.1. The third-order valence-corrected chi connectivity index (χ3v) is 14.7. The molecule has 0 radical (unpaired) electrons. The maximum absolute atomic E-state index is 12.4. The summed E-state index contributed by atoms with van der Waals surface area (Å²) in [4.78, 5) is 0. The van der Waals surface area contributed by atoms with Gasteiger partial charge in [-0.25, -0.2) is 0 Å². The number of furan rings is 1. The number of rotatable bonds is 4. The molecule has 324 valence electrons. The number of nitrogens with zero attached hydrogens (tertiary/aromatic N) is 6. The average molecular weight is 893 g/mol. The minimum atomic E-state index is 0.355. The summed E-state index contributed by atoms with van der Waals surface area (Å²) in [7, 11) is 0. The zero-order chi connectivity index (χ0) is 46.4. The van der Waals surface area contributed by atoms with Gasteiger partial charge in [0.05, 0.1) is 72.3 Å². The van der Waals surface area contributed by atoms with E-state index in [-0.39, 0.29) is 0 Å². The van der Waals surface area contributed by atoms with E-state index < -0.39 is 0 Å². The summed E-state index contributed by atoms with van der Waals surface area (Å²) in [6.07, 6.45) is 0. The molecule has 0 aliphatic carbocycles. The van der Waals surface area contributed by atoms with Gasteiger partial charge < -0.3 is 22.7 Å². The molecule has 7 heteroatoms. The first-order valence-corrected chi connectivity index (χ1v) is 23.5. The van der Waals surface area contributed by atoms with Gasteiger partial charge in [-0.05, 0) is 73.7 Å². The first-order chi connectivity index (χ1) is 34.6. The third kappa shape index (κ3) is 4.89. The SMILES string of the molecule is Cc1ccc2c(c1)c1c3oc4ccccc4c3ccc1n2-c1c(C#N)c(-n2c3ccccc3c3ccccc32)c(-n2c3ccccc3c3ccccc32)c(-n2c3ccccc3c3ccccc32)c1C#N. The molecule has 0 unspecified atom stereocenters. The molecule has 5 heterocycles. The van der Waals surface area contributed by atoms with Gasteiger partial charge in [0.2, 0.25) is 0 Å². The zero-order valence-corrected chi connectivity index (χ0v) is 37.6. The monoisotopic (exact) mass is 892 g/mol. The van der Waals surface area contributed by atoms with Crippen LogP contribution in [0.2, 0.25) is 0 Å².